The number of hydrogen-bond acceptors (Lipinski definition) is 3. The molecule has 0 heterocycles. The fraction of sp³-hybridized carbons (Fsp3) is 0.188. The van der Waals surface area contributed by atoms with Gasteiger partial charge in [0.05, 0.1) is 17.1 Å². The van der Waals surface area contributed by atoms with Gasteiger partial charge in [-0.25, -0.2) is 8.42 Å². The lowest BCUT2D eigenvalue weighted by atomic mass is 10.2. The molecule has 1 N–H and O–H groups in total. The van der Waals surface area contributed by atoms with Crippen molar-refractivity contribution >= 4 is 33.2 Å². The number of halogens is 4. The van der Waals surface area contributed by atoms with Crippen LogP contribution in [-0.2, 0) is 21.0 Å². The van der Waals surface area contributed by atoms with Crippen LogP contribution in [0.1, 0.15) is 5.56 Å². The summed E-state index contributed by atoms with van der Waals surface area (Å²) in [5.74, 6) is -0.648. The van der Waals surface area contributed by atoms with Crippen LogP contribution in [0, 0.1) is 0 Å². The van der Waals surface area contributed by atoms with Crippen LogP contribution in [0.3, 0.4) is 0 Å². The lowest BCUT2D eigenvalue weighted by Gasteiger charge is -2.18. The van der Waals surface area contributed by atoms with Gasteiger partial charge in [0.25, 0.3) is 0 Å². The summed E-state index contributed by atoms with van der Waals surface area (Å²) in [4.78, 5) is 11.3. The quantitative estimate of drug-likeness (QED) is 0.824. The van der Waals surface area contributed by atoms with Crippen LogP contribution in [-0.4, -0.2) is 32.2 Å². The molecule has 0 aliphatic rings. The molecule has 0 fully saturated rings. The predicted molar refractivity (Wildman–Crippen MR) is 91.3 cm³/mol. The molecule has 0 bridgehead atoms. The van der Waals surface area contributed by atoms with Crippen molar-refractivity contribution in [3.05, 3.63) is 59.1 Å². The summed E-state index contributed by atoms with van der Waals surface area (Å²) in [5, 5.41) is 2.12. The Kier molecular flexibility index (Phi) is 5.94. The highest BCUT2D eigenvalue weighted by atomic mass is 35.5. The Balaban J connectivity index is 2.22. The van der Waals surface area contributed by atoms with E-state index in [0.717, 1.165) is 13.1 Å². The SMILES string of the molecule is CN(CC(=O)Nc1ccccc1)S(=O)(=O)c1cc(C(F)(F)F)ccc1Cl. The van der Waals surface area contributed by atoms with E-state index < -0.39 is 39.1 Å². The molecule has 2 aromatic rings. The topological polar surface area (TPSA) is 66.5 Å². The number of nitrogens with one attached hydrogen (secondary N) is 1. The number of carbonyl (C=O) groups is 1. The van der Waals surface area contributed by atoms with Crippen molar-refractivity contribution in [2.75, 3.05) is 18.9 Å². The number of para-hydroxylation sites is 1. The smallest absolute Gasteiger partial charge is 0.325 e. The van der Waals surface area contributed by atoms with Crippen LogP contribution in [0.25, 0.3) is 0 Å². The molecule has 0 aliphatic heterocycles. The number of anilines is 1. The molecule has 5 nitrogen and oxygen atoms in total. The number of hydrogen-bond donors (Lipinski definition) is 1. The van der Waals surface area contributed by atoms with Crippen molar-refractivity contribution < 1.29 is 26.4 Å². The molecule has 0 atom stereocenters. The van der Waals surface area contributed by atoms with Crippen molar-refractivity contribution in [1.29, 1.82) is 0 Å². The normalized spacial score (nSPS) is 12.2. The van der Waals surface area contributed by atoms with Gasteiger partial charge in [-0.15, -0.1) is 0 Å². The first-order chi connectivity index (χ1) is 12.0. The molecule has 0 spiro atoms. The monoisotopic (exact) mass is 406 g/mol. The van der Waals surface area contributed by atoms with Gasteiger partial charge in [-0.05, 0) is 30.3 Å². The van der Waals surface area contributed by atoms with Crippen LogP contribution in [0.4, 0.5) is 18.9 Å². The Morgan fingerprint density at radius 2 is 1.77 bits per heavy atom. The molecular weight excluding hydrogens is 393 g/mol. The van der Waals surface area contributed by atoms with E-state index >= 15 is 0 Å². The first-order valence-electron chi connectivity index (χ1n) is 7.20. The molecule has 1 amide bonds. The Labute approximate surface area is 153 Å². The summed E-state index contributed by atoms with van der Waals surface area (Å²) in [5.41, 5.74) is -0.692. The number of sulfonamides is 1. The second-order valence-electron chi connectivity index (χ2n) is 5.32. The maximum Gasteiger partial charge on any atom is 0.416 e. The van der Waals surface area contributed by atoms with E-state index in [1.54, 1.807) is 30.3 Å². The Bertz CT molecular complexity index is 903. The molecule has 0 radical (unpaired) electrons. The van der Waals surface area contributed by atoms with Crippen LogP contribution < -0.4 is 5.32 Å². The highest BCUT2D eigenvalue weighted by molar-refractivity contribution is 7.89. The van der Waals surface area contributed by atoms with Gasteiger partial charge in [-0.1, -0.05) is 29.8 Å². The molecule has 0 aromatic heterocycles. The number of nitrogens with zero attached hydrogens (tertiary/aromatic N) is 1. The summed E-state index contributed by atoms with van der Waals surface area (Å²) in [6.07, 6.45) is -4.72. The molecule has 0 saturated heterocycles. The third-order valence-corrected chi connectivity index (χ3v) is 5.66. The minimum Gasteiger partial charge on any atom is -0.325 e. The van der Waals surface area contributed by atoms with Crippen molar-refractivity contribution in [2.45, 2.75) is 11.1 Å². The number of carbonyl (C=O) groups excluding carboxylic acids is 1. The van der Waals surface area contributed by atoms with Crippen molar-refractivity contribution in [1.82, 2.24) is 4.31 Å². The molecule has 10 heteroatoms. The van der Waals surface area contributed by atoms with Gasteiger partial charge < -0.3 is 5.32 Å². The summed E-state index contributed by atoms with van der Waals surface area (Å²) in [7, 11) is -3.32. The fourth-order valence-electron chi connectivity index (χ4n) is 2.05. The zero-order valence-electron chi connectivity index (χ0n) is 13.4. The molecule has 2 aromatic carbocycles. The second kappa shape index (κ2) is 7.65. The van der Waals surface area contributed by atoms with Gasteiger partial charge in [0, 0.05) is 12.7 Å². The van der Waals surface area contributed by atoms with E-state index in [4.69, 9.17) is 11.6 Å². The second-order valence-corrected chi connectivity index (χ2v) is 7.74. The number of benzene rings is 2. The molecular formula is C16H14ClF3N2O3S. The fourth-order valence-corrected chi connectivity index (χ4v) is 3.68. The van der Waals surface area contributed by atoms with E-state index in [2.05, 4.69) is 5.32 Å². The average molecular weight is 407 g/mol. The highest BCUT2D eigenvalue weighted by Crippen LogP contribution is 2.34. The zero-order valence-corrected chi connectivity index (χ0v) is 15.0. The Morgan fingerprint density at radius 3 is 2.35 bits per heavy atom. The lowest BCUT2D eigenvalue weighted by Crippen LogP contribution is -2.35. The number of amides is 1. The average Bonchev–Trinajstić information content (AvgIpc) is 2.54. The van der Waals surface area contributed by atoms with E-state index in [0.29, 0.717) is 22.1 Å². The van der Waals surface area contributed by atoms with Gasteiger partial charge in [0.15, 0.2) is 0 Å². The maximum absolute atomic E-state index is 12.8. The predicted octanol–water partition coefficient (Wildman–Crippen LogP) is 3.62. The molecule has 0 saturated carbocycles. The first kappa shape index (κ1) is 20.2. The number of likely N-dealkylation sites (N-methyl/N-ethyl adjacent to an activating group) is 1. The van der Waals surface area contributed by atoms with Crippen LogP contribution in [0.2, 0.25) is 5.02 Å². The zero-order chi connectivity index (χ0) is 19.5. The standard InChI is InChI=1S/C16H14ClF3N2O3S/c1-22(10-15(23)21-12-5-3-2-4-6-12)26(24,25)14-9-11(16(18,19)20)7-8-13(14)17/h2-9H,10H2,1H3,(H,21,23). The third kappa shape index (κ3) is 4.75. The lowest BCUT2D eigenvalue weighted by molar-refractivity contribution is -0.137. The van der Waals surface area contributed by atoms with Gasteiger partial charge in [-0.2, -0.15) is 17.5 Å². The largest absolute Gasteiger partial charge is 0.416 e. The number of alkyl halides is 3. The minimum atomic E-state index is -4.72. The minimum absolute atomic E-state index is 0.367. The Morgan fingerprint density at radius 1 is 1.15 bits per heavy atom. The van der Waals surface area contributed by atoms with Crippen LogP contribution in [0.5, 0.6) is 0 Å². The van der Waals surface area contributed by atoms with Gasteiger partial charge in [0.2, 0.25) is 15.9 Å². The van der Waals surface area contributed by atoms with E-state index in [1.807, 2.05) is 0 Å². The van der Waals surface area contributed by atoms with Crippen molar-refractivity contribution in [2.24, 2.45) is 0 Å². The Hall–Kier alpha value is -2.10. The molecule has 0 unspecified atom stereocenters. The van der Waals surface area contributed by atoms with E-state index in [1.165, 1.54) is 0 Å². The van der Waals surface area contributed by atoms with E-state index in [-0.39, 0.29) is 5.02 Å². The molecule has 26 heavy (non-hydrogen) atoms. The van der Waals surface area contributed by atoms with Crippen molar-refractivity contribution in [3.8, 4) is 0 Å². The van der Waals surface area contributed by atoms with Crippen LogP contribution in [0.15, 0.2) is 53.4 Å². The van der Waals surface area contributed by atoms with Crippen LogP contribution >= 0.6 is 11.6 Å². The van der Waals surface area contributed by atoms with Gasteiger partial charge in [0.1, 0.15) is 4.90 Å². The summed E-state index contributed by atoms with van der Waals surface area (Å²) in [6.45, 7) is -0.593. The summed E-state index contributed by atoms with van der Waals surface area (Å²) >= 11 is 5.77. The van der Waals surface area contributed by atoms with Crippen molar-refractivity contribution in [3.63, 3.8) is 0 Å². The van der Waals surface area contributed by atoms with Gasteiger partial charge in [-0.3, -0.25) is 4.79 Å². The summed E-state index contributed by atoms with van der Waals surface area (Å²) in [6, 6.07) is 10.3. The van der Waals surface area contributed by atoms with E-state index in [9.17, 15) is 26.4 Å². The molecule has 140 valence electrons. The molecule has 2 rings (SSSR count). The molecule has 0 aliphatic carbocycles. The summed E-state index contributed by atoms with van der Waals surface area (Å²) < 4.78 is 64.1. The number of rotatable bonds is 5. The first-order valence-corrected chi connectivity index (χ1v) is 9.01. The van der Waals surface area contributed by atoms with Gasteiger partial charge >= 0.3 is 6.18 Å². The third-order valence-electron chi connectivity index (χ3n) is 3.37. The maximum atomic E-state index is 12.8. The highest BCUT2D eigenvalue weighted by Gasteiger charge is 2.34.